The zero-order valence-electron chi connectivity index (χ0n) is 9.99. The molecule has 0 atom stereocenters. The molecule has 0 amide bonds. The zero-order chi connectivity index (χ0) is 13.5. The molecule has 0 aliphatic rings. The van der Waals surface area contributed by atoms with Crippen molar-refractivity contribution in [3.8, 4) is 0 Å². The fraction of sp³-hybridized carbons (Fsp3) is 0.250. The number of alkyl halides is 3. The van der Waals surface area contributed by atoms with E-state index in [0.717, 1.165) is 4.57 Å². The van der Waals surface area contributed by atoms with Crippen LogP contribution in [0.1, 0.15) is 11.3 Å². The third-order valence-corrected chi connectivity index (χ3v) is 2.84. The Bertz CT molecular complexity index is 664. The van der Waals surface area contributed by atoms with Crippen molar-refractivity contribution in [2.24, 2.45) is 12.8 Å². The van der Waals surface area contributed by atoms with E-state index >= 15 is 0 Å². The molecule has 0 unspecified atom stereocenters. The highest BCUT2D eigenvalue weighted by Crippen LogP contribution is 2.29. The molecular formula is C12H12ClF3N2O. The SMILES string of the molecule is Cl.Cn1c(C(F)(F)F)cc(=O)c2ccc(CN)cc21. The summed E-state index contributed by atoms with van der Waals surface area (Å²) in [6.07, 6.45) is -4.55. The molecule has 0 radical (unpaired) electrons. The summed E-state index contributed by atoms with van der Waals surface area (Å²) in [4.78, 5) is 11.7. The first kappa shape index (κ1) is 15.5. The van der Waals surface area contributed by atoms with Crippen LogP contribution in [0.2, 0.25) is 0 Å². The highest BCUT2D eigenvalue weighted by atomic mass is 35.5. The number of nitrogens with two attached hydrogens (primary N) is 1. The first-order valence-electron chi connectivity index (χ1n) is 5.24. The Hall–Kier alpha value is -1.53. The summed E-state index contributed by atoms with van der Waals surface area (Å²) < 4.78 is 39.2. The normalized spacial score (nSPS) is 11.4. The van der Waals surface area contributed by atoms with Crippen LogP contribution in [-0.4, -0.2) is 4.57 Å². The van der Waals surface area contributed by atoms with Gasteiger partial charge in [-0.1, -0.05) is 6.07 Å². The van der Waals surface area contributed by atoms with E-state index in [9.17, 15) is 18.0 Å². The van der Waals surface area contributed by atoms with E-state index in [1.54, 1.807) is 6.07 Å². The van der Waals surface area contributed by atoms with Gasteiger partial charge in [-0.05, 0) is 17.7 Å². The van der Waals surface area contributed by atoms with Gasteiger partial charge < -0.3 is 10.3 Å². The second kappa shape index (κ2) is 5.22. The van der Waals surface area contributed by atoms with Crippen LogP contribution in [0.25, 0.3) is 10.9 Å². The summed E-state index contributed by atoms with van der Waals surface area (Å²) in [5.74, 6) is 0. The first-order chi connectivity index (χ1) is 8.34. The molecule has 0 aliphatic heterocycles. The number of halogens is 4. The van der Waals surface area contributed by atoms with Gasteiger partial charge in [0.15, 0.2) is 5.43 Å². The molecule has 3 nitrogen and oxygen atoms in total. The average molecular weight is 293 g/mol. The standard InChI is InChI=1S/C12H11F3N2O.ClH/c1-17-9-4-7(6-16)2-3-8(9)10(18)5-11(17)12(13,14)15;/h2-5H,6,16H2,1H3;1H. The van der Waals surface area contributed by atoms with Gasteiger partial charge in [-0.2, -0.15) is 13.2 Å². The maximum atomic E-state index is 12.8. The molecule has 1 heterocycles. The molecule has 2 aromatic rings. The molecule has 7 heteroatoms. The quantitative estimate of drug-likeness (QED) is 0.877. The van der Waals surface area contributed by atoms with Gasteiger partial charge in [-0.3, -0.25) is 4.79 Å². The largest absolute Gasteiger partial charge is 0.431 e. The van der Waals surface area contributed by atoms with E-state index in [4.69, 9.17) is 5.73 Å². The lowest BCUT2D eigenvalue weighted by atomic mass is 10.1. The average Bonchev–Trinajstić information content (AvgIpc) is 2.31. The third kappa shape index (κ3) is 2.74. The van der Waals surface area contributed by atoms with Crippen molar-refractivity contribution in [1.82, 2.24) is 4.57 Å². The van der Waals surface area contributed by atoms with E-state index in [-0.39, 0.29) is 29.9 Å². The number of rotatable bonds is 1. The number of pyridine rings is 1. The topological polar surface area (TPSA) is 48.0 Å². The highest BCUT2D eigenvalue weighted by molar-refractivity contribution is 5.85. The van der Waals surface area contributed by atoms with Gasteiger partial charge in [0.2, 0.25) is 0 Å². The summed E-state index contributed by atoms with van der Waals surface area (Å²) >= 11 is 0. The first-order valence-corrected chi connectivity index (χ1v) is 5.24. The van der Waals surface area contributed by atoms with Crippen LogP contribution in [0, 0.1) is 0 Å². The fourth-order valence-electron chi connectivity index (χ4n) is 1.89. The zero-order valence-corrected chi connectivity index (χ0v) is 10.8. The molecule has 0 aliphatic carbocycles. The number of hydrogen-bond donors (Lipinski definition) is 1. The Morgan fingerprint density at radius 1 is 1.26 bits per heavy atom. The maximum absolute atomic E-state index is 12.8. The molecule has 0 bridgehead atoms. The molecule has 1 aromatic heterocycles. The second-order valence-electron chi connectivity index (χ2n) is 4.01. The summed E-state index contributed by atoms with van der Waals surface area (Å²) in [7, 11) is 1.28. The fourth-order valence-corrected chi connectivity index (χ4v) is 1.89. The lowest BCUT2D eigenvalue weighted by Gasteiger charge is -2.15. The number of aromatic nitrogens is 1. The van der Waals surface area contributed by atoms with Crippen molar-refractivity contribution in [2.75, 3.05) is 0 Å². The molecule has 19 heavy (non-hydrogen) atoms. The summed E-state index contributed by atoms with van der Waals surface area (Å²) in [5.41, 5.74) is 4.75. The van der Waals surface area contributed by atoms with Crippen LogP contribution < -0.4 is 11.2 Å². The molecule has 0 spiro atoms. The summed E-state index contributed by atoms with van der Waals surface area (Å²) in [6, 6.07) is 5.26. The maximum Gasteiger partial charge on any atom is 0.431 e. The van der Waals surface area contributed by atoms with Crippen LogP contribution >= 0.6 is 12.4 Å². The Balaban J connectivity index is 0.00000180. The van der Waals surface area contributed by atoms with Crippen molar-refractivity contribution in [3.63, 3.8) is 0 Å². The lowest BCUT2D eigenvalue weighted by molar-refractivity contribution is -0.143. The van der Waals surface area contributed by atoms with Crippen LogP contribution in [0.3, 0.4) is 0 Å². The van der Waals surface area contributed by atoms with E-state index in [0.29, 0.717) is 11.6 Å². The Morgan fingerprint density at radius 3 is 2.42 bits per heavy atom. The lowest BCUT2D eigenvalue weighted by Crippen LogP contribution is -2.19. The van der Waals surface area contributed by atoms with Gasteiger partial charge in [0.05, 0.1) is 5.52 Å². The Morgan fingerprint density at radius 2 is 1.89 bits per heavy atom. The Labute approximate surface area is 113 Å². The predicted octanol–water partition coefficient (Wildman–Crippen LogP) is 2.44. The van der Waals surface area contributed by atoms with Gasteiger partial charge in [-0.15, -0.1) is 12.4 Å². The van der Waals surface area contributed by atoms with E-state index in [2.05, 4.69) is 0 Å². The molecule has 2 N–H and O–H groups in total. The van der Waals surface area contributed by atoms with Crippen molar-refractivity contribution >= 4 is 23.3 Å². The smallest absolute Gasteiger partial charge is 0.340 e. The van der Waals surface area contributed by atoms with Crippen LogP contribution in [-0.2, 0) is 19.8 Å². The van der Waals surface area contributed by atoms with Gasteiger partial charge in [-0.25, -0.2) is 0 Å². The Kier molecular flexibility index (Phi) is 4.27. The second-order valence-corrected chi connectivity index (χ2v) is 4.01. The van der Waals surface area contributed by atoms with Gasteiger partial charge in [0, 0.05) is 25.0 Å². The molecule has 2 rings (SSSR count). The minimum atomic E-state index is -4.55. The van der Waals surface area contributed by atoms with E-state index < -0.39 is 17.3 Å². The number of hydrogen-bond acceptors (Lipinski definition) is 2. The number of fused-ring (bicyclic) bond motifs is 1. The molecule has 104 valence electrons. The number of nitrogens with zero attached hydrogens (tertiary/aromatic N) is 1. The monoisotopic (exact) mass is 292 g/mol. The van der Waals surface area contributed by atoms with E-state index in [1.165, 1.54) is 19.2 Å². The van der Waals surface area contributed by atoms with Crippen molar-refractivity contribution in [2.45, 2.75) is 12.7 Å². The molecular weight excluding hydrogens is 281 g/mol. The number of benzene rings is 1. The molecule has 1 aromatic carbocycles. The highest BCUT2D eigenvalue weighted by Gasteiger charge is 2.34. The van der Waals surface area contributed by atoms with Crippen molar-refractivity contribution < 1.29 is 13.2 Å². The summed E-state index contributed by atoms with van der Waals surface area (Å²) in [6.45, 7) is 0.209. The molecule has 0 saturated carbocycles. The molecule has 0 saturated heterocycles. The molecule has 0 fully saturated rings. The van der Waals surface area contributed by atoms with Crippen LogP contribution in [0.15, 0.2) is 29.1 Å². The van der Waals surface area contributed by atoms with E-state index in [1.807, 2.05) is 0 Å². The van der Waals surface area contributed by atoms with Crippen LogP contribution in [0.4, 0.5) is 13.2 Å². The summed E-state index contributed by atoms with van der Waals surface area (Å²) in [5, 5.41) is 0.253. The predicted molar refractivity (Wildman–Crippen MR) is 69.3 cm³/mol. The number of aryl methyl sites for hydroxylation is 1. The van der Waals surface area contributed by atoms with Crippen LogP contribution in [0.5, 0.6) is 0 Å². The van der Waals surface area contributed by atoms with Gasteiger partial charge >= 0.3 is 6.18 Å². The van der Waals surface area contributed by atoms with Crippen molar-refractivity contribution in [3.05, 3.63) is 45.7 Å². The van der Waals surface area contributed by atoms with Gasteiger partial charge in [0.1, 0.15) is 5.69 Å². The minimum absolute atomic E-state index is 0. The minimum Gasteiger partial charge on any atom is -0.340 e. The van der Waals surface area contributed by atoms with Crippen molar-refractivity contribution in [1.29, 1.82) is 0 Å². The van der Waals surface area contributed by atoms with Gasteiger partial charge in [0.25, 0.3) is 0 Å². The third-order valence-electron chi connectivity index (χ3n) is 2.84.